The van der Waals surface area contributed by atoms with Crippen LogP contribution in [0.2, 0.25) is 0 Å². The minimum absolute atomic E-state index is 0.113. The second-order valence-corrected chi connectivity index (χ2v) is 6.66. The minimum Gasteiger partial charge on any atom is -0.508 e. The normalized spacial score (nSPS) is 27.2. The van der Waals surface area contributed by atoms with Gasteiger partial charge in [0.2, 0.25) is 6.29 Å². The number of rotatable bonds is 5. The molecule has 5 atom stereocenters. The third kappa shape index (κ3) is 4.78. The van der Waals surface area contributed by atoms with Gasteiger partial charge < -0.3 is 45.2 Å². The smallest absolute Gasteiger partial charge is 0.229 e. The third-order valence-corrected chi connectivity index (χ3v) is 4.48. The molecular formula is C20H22O9. The first-order valence-corrected chi connectivity index (χ1v) is 8.80. The van der Waals surface area contributed by atoms with Crippen LogP contribution in [0.1, 0.15) is 11.1 Å². The predicted octanol–water partition coefficient (Wildman–Crippen LogP) is 0.152. The summed E-state index contributed by atoms with van der Waals surface area (Å²) in [6.07, 6.45) is -3.90. The maximum atomic E-state index is 10.1. The van der Waals surface area contributed by atoms with Crippen molar-refractivity contribution < 1.29 is 45.2 Å². The highest BCUT2D eigenvalue weighted by Gasteiger charge is 2.44. The lowest BCUT2D eigenvalue weighted by Gasteiger charge is -2.39. The molecule has 1 heterocycles. The van der Waals surface area contributed by atoms with Crippen LogP contribution in [0.3, 0.4) is 0 Å². The topological polar surface area (TPSA) is 160 Å². The van der Waals surface area contributed by atoms with E-state index in [2.05, 4.69) is 0 Å². The molecule has 3 rings (SSSR count). The Labute approximate surface area is 165 Å². The maximum absolute atomic E-state index is 10.1. The molecule has 0 radical (unpaired) electrons. The monoisotopic (exact) mass is 406 g/mol. The van der Waals surface area contributed by atoms with E-state index in [1.807, 2.05) is 0 Å². The van der Waals surface area contributed by atoms with E-state index in [0.717, 1.165) is 0 Å². The van der Waals surface area contributed by atoms with Crippen LogP contribution in [0.4, 0.5) is 0 Å². The largest absolute Gasteiger partial charge is 0.508 e. The molecule has 2 aromatic rings. The summed E-state index contributed by atoms with van der Waals surface area (Å²) in [6.45, 7) is -0.585. The number of phenols is 3. The molecular weight excluding hydrogens is 384 g/mol. The average Bonchev–Trinajstić information content (AvgIpc) is 2.69. The van der Waals surface area contributed by atoms with Gasteiger partial charge in [0.25, 0.3) is 0 Å². The molecule has 0 saturated carbocycles. The standard InChI is InChI=1S/C20H22O9/c21-9-16-17(25)18(26)19(27)20(29-16)28-13-6-11(5-12(22)8-13)2-1-10-3-4-14(23)15(24)7-10/h1-8,16-27H,9H2. The number of aromatic hydroxyl groups is 3. The van der Waals surface area contributed by atoms with Crippen LogP contribution in [0.15, 0.2) is 36.4 Å². The Morgan fingerprint density at radius 1 is 0.828 bits per heavy atom. The molecule has 1 saturated heterocycles. The first-order valence-electron chi connectivity index (χ1n) is 8.80. The quantitative estimate of drug-likeness (QED) is 0.271. The number of hydrogen-bond donors (Lipinski definition) is 7. The highest BCUT2D eigenvalue weighted by Crippen LogP contribution is 2.29. The van der Waals surface area contributed by atoms with Crippen molar-refractivity contribution in [2.45, 2.75) is 30.7 Å². The van der Waals surface area contributed by atoms with E-state index < -0.39 is 37.3 Å². The zero-order chi connectivity index (χ0) is 21.1. The van der Waals surface area contributed by atoms with E-state index in [9.17, 15) is 35.7 Å². The summed E-state index contributed by atoms with van der Waals surface area (Å²) in [5.41, 5.74) is 1.11. The number of phenolic OH excluding ortho intramolecular Hbond substituents is 3. The minimum atomic E-state index is -1.58. The van der Waals surface area contributed by atoms with Gasteiger partial charge >= 0.3 is 0 Å². The fraction of sp³-hybridized carbons (Fsp3) is 0.300. The Kier molecular flexibility index (Phi) is 6.26. The van der Waals surface area contributed by atoms with Gasteiger partial charge in [-0.2, -0.15) is 0 Å². The van der Waals surface area contributed by atoms with E-state index in [-0.39, 0.29) is 23.0 Å². The molecule has 1 aliphatic heterocycles. The summed E-state index contributed by atoms with van der Waals surface area (Å²) in [7, 11) is 0. The van der Waals surface area contributed by atoms with E-state index in [0.29, 0.717) is 11.1 Å². The van der Waals surface area contributed by atoms with Gasteiger partial charge in [-0.3, -0.25) is 0 Å². The number of hydrogen-bond acceptors (Lipinski definition) is 9. The van der Waals surface area contributed by atoms with Gasteiger partial charge in [-0.05, 0) is 35.4 Å². The second-order valence-electron chi connectivity index (χ2n) is 6.66. The van der Waals surface area contributed by atoms with Crippen LogP contribution in [-0.2, 0) is 4.74 Å². The van der Waals surface area contributed by atoms with Crippen LogP contribution < -0.4 is 4.74 Å². The SMILES string of the molecule is OCC1OC(Oc2cc(O)cc(C=Cc3ccc(O)c(O)c3)c2)C(O)C(O)C1O. The Morgan fingerprint density at radius 2 is 1.55 bits per heavy atom. The Bertz CT molecular complexity index is 880. The molecule has 0 aromatic heterocycles. The van der Waals surface area contributed by atoms with Gasteiger partial charge in [0.05, 0.1) is 6.61 Å². The molecule has 0 bridgehead atoms. The van der Waals surface area contributed by atoms with Crippen LogP contribution >= 0.6 is 0 Å². The van der Waals surface area contributed by atoms with Crippen molar-refractivity contribution in [2.24, 2.45) is 0 Å². The van der Waals surface area contributed by atoms with Crippen LogP contribution in [0.5, 0.6) is 23.0 Å². The van der Waals surface area contributed by atoms with E-state index in [1.165, 1.54) is 30.3 Å². The first-order chi connectivity index (χ1) is 13.8. The summed E-state index contributed by atoms with van der Waals surface area (Å²) in [5.74, 6) is -0.535. The molecule has 156 valence electrons. The zero-order valence-corrected chi connectivity index (χ0v) is 15.2. The highest BCUT2D eigenvalue weighted by atomic mass is 16.7. The van der Waals surface area contributed by atoms with Crippen molar-refractivity contribution in [1.29, 1.82) is 0 Å². The number of aliphatic hydroxyl groups excluding tert-OH is 4. The average molecular weight is 406 g/mol. The van der Waals surface area contributed by atoms with Gasteiger partial charge in [0.15, 0.2) is 11.5 Å². The number of ether oxygens (including phenoxy) is 2. The van der Waals surface area contributed by atoms with Crippen molar-refractivity contribution >= 4 is 12.2 Å². The van der Waals surface area contributed by atoms with E-state index >= 15 is 0 Å². The Hall–Kier alpha value is -2.82. The van der Waals surface area contributed by atoms with Gasteiger partial charge in [-0.25, -0.2) is 0 Å². The summed E-state index contributed by atoms with van der Waals surface area (Å²) >= 11 is 0. The molecule has 5 unspecified atom stereocenters. The van der Waals surface area contributed by atoms with Crippen molar-refractivity contribution in [2.75, 3.05) is 6.61 Å². The van der Waals surface area contributed by atoms with E-state index in [1.54, 1.807) is 18.2 Å². The molecule has 7 N–H and O–H groups in total. The van der Waals surface area contributed by atoms with Gasteiger partial charge in [-0.1, -0.05) is 18.2 Å². The van der Waals surface area contributed by atoms with Crippen molar-refractivity contribution in [1.82, 2.24) is 0 Å². The van der Waals surface area contributed by atoms with Crippen molar-refractivity contribution in [3.8, 4) is 23.0 Å². The summed E-state index contributed by atoms with van der Waals surface area (Å²) < 4.78 is 10.8. The molecule has 9 nitrogen and oxygen atoms in total. The summed E-state index contributed by atoms with van der Waals surface area (Å²) in [4.78, 5) is 0. The predicted molar refractivity (Wildman–Crippen MR) is 101 cm³/mol. The maximum Gasteiger partial charge on any atom is 0.229 e. The third-order valence-electron chi connectivity index (χ3n) is 4.48. The fourth-order valence-electron chi connectivity index (χ4n) is 2.91. The fourth-order valence-corrected chi connectivity index (χ4v) is 2.91. The van der Waals surface area contributed by atoms with Gasteiger partial charge in [0.1, 0.15) is 35.9 Å². The second kappa shape index (κ2) is 8.68. The van der Waals surface area contributed by atoms with Crippen LogP contribution in [0, 0.1) is 0 Å². The Morgan fingerprint density at radius 3 is 2.24 bits per heavy atom. The highest BCUT2D eigenvalue weighted by molar-refractivity contribution is 5.72. The first kappa shape index (κ1) is 20.9. The molecule has 0 amide bonds. The van der Waals surface area contributed by atoms with Gasteiger partial charge in [-0.15, -0.1) is 0 Å². The van der Waals surface area contributed by atoms with Crippen molar-refractivity contribution in [3.63, 3.8) is 0 Å². The zero-order valence-electron chi connectivity index (χ0n) is 15.2. The lowest BCUT2D eigenvalue weighted by molar-refractivity contribution is -0.277. The molecule has 0 spiro atoms. The molecule has 2 aromatic carbocycles. The molecule has 1 fully saturated rings. The molecule has 0 aliphatic carbocycles. The molecule has 9 heteroatoms. The molecule has 1 aliphatic rings. The van der Waals surface area contributed by atoms with Crippen molar-refractivity contribution in [3.05, 3.63) is 47.5 Å². The number of benzene rings is 2. The summed E-state index contributed by atoms with van der Waals surface area (Å²) in [5, 5.41) is 67.8. The lowest BCUT2D eigenvalue weighted by Crippen LogP contribution is -2.60. The number of aliphatic hydroxyl groups is 4. The summed E-state index contributed by atoms with van der Waals surface area (Å²) in [6, 6.07) is 8.52. The lowest BCUT2D eigenvalue weighted by atomic mass is 9.99. The Balaban J connectivity index is 1.78. The molecule has 29 heavy (non-hydrogen) atoms. The van der Waals surface area contributed by atoms with Gasteiger partial charge in [0, 0.05) is 6.07 Å². The van der Waals surface area contributed by atoms with Crippen LogP contribution in [-0.4, -0.2) is 73.1 Å². The van der Waals surface area contributed by atoms with Crippen LogP contribution in [0.25, 0.3) is 12.2 Å². The van der Waals surface area contributed by atoms with E-state index in [4.69, 9.17) is 9.47 Å².